The van der Waals surface area contributed by atoms with Gasteiger partial charge in [0.2, 0.25) is 11.8 Å². The molecule has 0 saturated carbocycles. The first-order valence-corrected chi connectivity index (χ1v) is 7.75. The lowest BCUT2D eigenvalue weighted by Gasteiger charge is -2.28. The zero-order valence-electron chi connectivity index (χ0n) is 13.4. The summed E-state index contributed by atoms with van der Waals surface area (Å²) in [5.74, 6) is 1.04. The third kappa shape index (κ3) is 8.94. The monoisotopic (exact) mass is 319 g/mol. The Labute approximate surface area is 134 Å². The zero-order valence-corrected chi connectivity index (χ0v) is 14.2. The second-order valence-electron chi connectivity index (χ2n) is 6.11. The lowest BCUT2D eigenvalue weighted by atomic mass is 9.85. The molecule has 1 fully saturated rings. The third-order valence-electron chi connectivity index (χ3n) is 3.77. The minimum absolute atomic E-state index is 0. The Balaban J connectivity index is 0.00000400. The van der Waals surface area contributed by atoms with Crippen LogP contribution in [-0.4, -0.2) is 37.5 Å². The number of carbonyl (C=O) groups is 2. The van der Waals surface area contributed by atoms with Gasteiger partial charge in [0.1, 0.15) is 0 Å². The van der Waals surface area contributed by atoms with E-state index >= 15 is 0 Å². The Bertz CT molecular complexity index is 318. The van der Waals surface area contributed by atoms with Crippen LogP contribution in [0.4, 0.5) is 0 Å². The highest BCUT2D eigenvalue weighted by Crippen LogP contribution is 2.22. The van der Waals surface area contributed by atoms with Crippen LogP contribution < -0.4 is 16.0 Å². The van der Waals surface area contributed by atoms with E-state index in [0.717, 1.165) is 13.1 Å². The molecule has 0 aliphatic carbocycles. The lowest BCUT2D eigenvalue weighted by molar-refractivity contribution is -0.123. The van der Waals surface area contributed by atoms with Crippen LogP contribution in [0, 0.1) is 11.8 Å². The average Bonchev–Trinajstić information content (AvgIpc) is 2.38. The molecule has 1 aliphatic heterocycles. The first kappa shape index (κ1) is 20.2. The summed E-state index contributed by atoms with van der Waals surface area (Å²) in [6.45, 7) is 8.54. The fourth-order valence-corrected chi connectivity index (χ4v) is 2.61. The van der Waals surface area contributed by atoms with Crippen molar-refractivity contribution in [3.63, 3.8) is 0 Å². The van der Waals surface area contributed by atoms with Crippen LogP contribution in [-0.2, 0) is 9.59 Å². The van der Waals surface area contributed by atoms with E-state index in [-0.39, 0.29) is 30.3 Å². The highest BCUT2D eigenvalue weighted by atomic mass is 35.5. The Hall–Kier alpha value is -0.810. The van der Waals surface area contributed by atoms with Gasteiger partial charge in [-0.2, -0.15) is 0 Å². The van der Waals surface area contributed by atoms with Gasteiger partial charge in [0.25, 0.3) is 0 Å². The standard InChI is InChI=1S/C15H29N3O2.ClH/c1-11(2)18-14(19)6-8-17-15(20)9-12(3)13-5-4-7-16-10-13;/h11-13,16H,4-10H2,1-3H3,(H,17,20)(H,18,19);1H. The Morgan fingerprint density at radius 2 is 1.95 bits per heavy atom. The number of hydrogen-bond donors (Lipinski definition) is 3. The molecule has 0 spiro atoms. The molecule has 2 amide bonds. The molecule has 0 aromatic rings. The summed E-state index contributed by atoms with van der Waals surface area (Å²) < 4.78 is 0. The minimum Gasteiger partial charge on any atom is -0.356 e. The number of halogens is 1. The molecule has 0 bridgehead atoms. The van der Waals surface area contributed by atoms with Gasteiger partial charge in [-0.1, -0.05) is 6.92 Å². The van der Waals surface area contributed by atoms with Gasteiger partial charge in [-0.05, 0) is 51.6 Å². The topological polar surface area (TPSA) is 70.2 Å². The first-order chi connectivity index (χ1) is 9.49. The molecule has 3 N–H and O–H groups in total. The molecule has 0 aromatic carbocycles. The first-order valence-electron chi connectivity index (χ1n) is 7.75. The lowest BCUT2D eigenvalue weighted by Crippen LogP contribution is -2.37. The van der Waals surface area contributed by atoms with Crippen molar-refractivity contribution in [1.82, 2.24) is 16.0 Å². The molecule has 1 heterocycles. The highest BCUT2D eigenvalue weighted by Gasteiger charge is 2.21. The van der Waals surface area contributed by atoms with E-state index < -0.39 is 0 Å². The van der Waals surface area contributed by atoms with E-state index in [1.165, 1.54) is 12.8 Å². The molecule has 1 aliphatic rings. The molecule has 2 atom stereocenters. The molecule has 1 rings (SSSR count). The number of rotatable bonds is 7. The number of hydrogen-bond acceptors (Lipinski definition) is 3. The van der Waals surface area contributed by atoms with Crippen LogP contribution in [0.5, 0.6) is 0 Å². The quantitative estimate of drug-likeness (QED) is 0.665. The summed E-state index contributed by atoms with van der Waals surface area (Å²) in [4.78, 5) is 23.3. The number of nitrogens with one attached hydrogen (secondary N) is 3. The molecule has 1 saturated heterocycles. The second-order valence-corrected chi connectivity index (χ2v) is 6.11. The summed E-state index contributed by atoms with van der Waals surface area (Å²) in [6, 6.07) is 0.150. The van der Waals surface area contributed by atoms with E-state index in [4.69, 9.17) is 0 Å². The fourth-order valence-electron chi connectivity index (χ4n) is 2.61. The predicted octanol–water partition coefficient (Wildman–Crippen LogP) is 1.46. The fraction of sp³-hybridized carbons (Fsp3) is 0.867. The molecular weight excluding hydrogens is 290 g/mol. The number of piperidine rings is 1. The van der Waals surface area contributed by atoms with Crippen molar-refractivity contribution in [2.24, 2.45) is 11.8 Å². The van der Waals surface area contributed by atoms with Gasteiger partial charge in [0.05, 0.1) is 0 Å². The van der Waals surface area contributed by atoms with Gasteiger partial charge >= 0.3 is 0 Å². The van der Waals surface area contributed by atoms with Crippen LogP contribution in [0.2, 0.25) is 0 Å². The molecule has 0 radical (unpaired) electrons. The van der Waals surface area contributed by atoms with E-state index in [9.17, 15) is 9.59 Å². The summed E-state index contributed by atoms with van der Waals surface area (Å²) in [5, 5.41) is 9.03. The predicted molar refractivity (Wildman–Crippen MR) is 87.5 cm³/mol. The summed E-state index contributed by atoms with van der Waals surface area (Å²) in [5.41, 5.74) is 0. The smallest absolute Gasteiger partial charge is 0.221 e. The van der Waals surface area contributed by atoms with Crippen molar-refractivity contribution in [2.75, 3.05) is 19.6 Å². The van der Waals surface area contributed by atoms with Crippen molar-refractivity contribution in [2.45, 2.75) is 52.5 Å². The summed E-state index contributed by atoms with van der Waals surface area (Å²) in [6.07, 6.45) is 3.31. The maximum atomic E-state index is 11.8. The van der Waals surface area contributed by atoms with Gasteiger partial charge < -0.3 is 16.0 Å². The Morgan fingerprint density at radius 3 is 2.52 bits per heavy atom. The van der Waals surface area contributed by atoms with Crippen molar-refractivity contribution in [3.05, 3.63) is 0 Å². The largest absolute Gasteiger partial charge is 0.356 e. The van der Waals surface area contributed by atoms with Crippen LogP contribution >= 0.6 is 12.4 Å². The molecule has 0 aromatic heterocycles. The van der Waals surface area contributed by atoms with Gasteiger partial charge in [-0.15, -0.1) is 12.4 Å². The average molecular weight is 320 g/mol. The second kappa shape index (κ2) is 10.9. The van der Waals surface area contributed by atoms with Crippen molar-refractivity contribution < 1.29 is 9.59 Å². The zero-order chi connectivity index (χ0) is 15.0. The van der Waals surface area contributed by atoms with E-state index in [0.29, 0.717) is 31.2 Å². The van der Waals surface area contributed by atoms with Crippen LogP contribution in [0.1, 0.15) is 46.5 Å². The van der Waals surface area contributed by atoms with Gasteiger partial charge in [-0.25, -0.2) is 0 Å². The van der Waals surface area contributed by atoms with Crippen molar-refractivity contribution in [3.8, 4) is 0 Å². The molecule has 124 valence electrons. The SMILES string of the molecule is CC(C)NC(=O)CCNC(=O)CC(C)C1CCCNC1.Cl. The Morgan fingerprint density at radius 1 is 1.24 bits per heavy atom. The summed E-state index contributed by atoms with van der Waals surface area (Å²) >= 11 is 0. The molecular formula is C15H30ClN3O2. The third-order valence-corrected chi connectivity index (χ3v) is 3.77. The van der Waals surface area contributed by atoms with Crippen molar-refractivity contribution in [1.29, 1.82) is 0 Å². The van der Waals surface area contributed by atoms with E-state index in [1.807, 2.05) is 13.8 Å². The van der Waals surface area contributed by atoms with Gasteiger partial charge in [0, 0.05) is 25.4 Å². The maximum Gasteiger partial charge on any atom is 0.221 e. The highest BCUT2D eigenvalue weighted by molar-refractivity contribution is 5.85. The number of carbonyl (C=O) groups excluding carboxylic acids is 2. The minimum atomic E-state index is -0.00942. The number of amides is 2. The van der Waals surface area contributed by atoms with Crippen LogP contribution in [0.25, 0.3) is 0 Å². The molecule has 5 nitrogen and oxygen atoms in total. The molecule has 6 heteroatoms. The maximum absolute atomic E-state index is 11.8. The Kier molecular flexibility index (Phi) is 10.4. The van der Waals surface area contributed by atoms with E-state index in [1.54, 1.807) is 0 Å². The normalized spacial score (nSPS) is 19.5. The molecule has 2 unspecified atom stereocenters. The van der Waals surface area contributed by atoms with Crippen LogP contribution in [0.3, 0.4) is 0 Å². The van der Waals surface area contributed by atoms with Crippen molar-refractivity contribution >= 4 is 24.2 Å². The van der Waals surface area contributed by atoms with Crippen LogP contribution in [0.15, 0.2) is 0 Å². The van der Waals surface area contributed by atoms with Gasteiger partial charge in [-0.3, -0.25) is 9.59 Å². The summed E-state index contributed by atoms with van der Waals surface area (Å²) in [7, 11) is 0. The van der Waals surface area contributed by atoms with E-state index in [2.05, 4.69) is 22.9 Å². The van der Waals surface area contributed by atoms with Gasteiger partial charge in [0.15, 0.2) is 0 Å². The molecule has 21 heavy (non-hydrogen) atoms.